The van der Waals surface area contributed by atoms with Crippen LogP contribution < -0.4 is 26.6 Å². The van der Waals surface area contributed by atoms with Crippen LogP contribution in [0, 0.1) is 35.5 Å². The molecule has 562 valence electrons. The number of nitrogens with zero attached hydrogens (tertiary/aromatic N) is 7. The van der Waals surface area contributed by atoms with Gasteiger partial charge in [-0.15, -0.1) is 18.3 Å². The van der Waals surface area contributed by atoms with Crippen molar-refractivity contribution in [3.63, 3.8) is 0 Å². The first-order valence-electron chi connectivity index (χ1n) is 35.4. The third-order valence-corrected chi connectivity index (χ3v) is 19.5. The molecule has 1 aliphatic rings. The van der Waals surface area contributed by atoms with Crippen molar-refractivity contribution in [1.29, 1.82) is 0 Å². The maximum atomic E-state index is 15.6. The van der Waals surface area contributed by atoms with Crippen molar-refractivity contribution < 1.29 is 62.6 Å². The molecule has 0 unspecified atom stereocenters. The number of carbonyl (C=O) groups is 11. The van der Waals surface area contributed by atoms with E-state index in [1.165, 1.54) is 104 Å². The Morgan fingerprint density at radius 2 is 1.03 bits per heavy atom. The van der Waals surface area contributed by atoms with Gasteiger partial charge in [-0.2, -0.15) is 0 Å². The first-order chi connectivity index (χ1) is 45.4. The Morgan fingerprint density at radius 1 is 0.551 bits per heavy atom. The number of ether oxygens (including phenoxy) is 1. The number of nitrogens with one attached hydrogen (secondary N) is 5. The number of unbranched alkanes of at least 4 members (excludes halogenated alkanes) is 1. The SMILES string of the molecule is C=CCOC(C)(C)C[C@H]1C(=O)N[C@@H](C(C)C)C(=O)N(C)[C@@H](CC(C)C)C(=O)N[C@@H](C)C(=O)N[C@H](C)C(=O)N(C)[C@@H](CC(C)C)C(=O)N(C)[C@@H](CC(C)C)C(=O)N(C)[C@@H](C(C)C)C(=O)N(C)[C@@H]([C@H](O)[C@H](C)C/C=C/C)C(=O)N[C@@H](CC)C(=O)N(C)[C@H](SCCCCNC(C)C)C(=O)N1C. The molecular formula is C72H130N12O13S. The average Bonchev–Trinajstić information content (AvgIpc) is 0.804. The van der Waals surface area contributed by atoms with Gasteiger partial charge < -0.3 is 70.7 Å². The Labute approximate surface area is 592 Å². The van der Waals surface area contributed by atoms with Crippen molar-refractivity contribution in [2.45, 2.75) is 266 Å². The zero-order valence-corrected chi connectivity index (χ0v) is 65.4. The fourth-order valence-electron chi connectivity index (χ4n) is 12.0. The number of amides is 11. The van der Waals surface area contributed by atoms with Gasteiger partial charge in [0.1, 0.15) is 60.4 Å². The number of allylic oxidation sites excluding steroid dienone is 2. The van der Waals surface area contributed by atoms with Crippen LogP contribution in [0.4, 0.5) is 0 Å². The number of aliphatic hydroxyl groups is 1. The highest BCUT2D eigenvalue weighted by Crippen LogP contribution is 2.29. The minimum absolute atomic E-state index is 0.0191. The number of hydrogen-bond acceptors (Lipinski definition) is 15. The molecular weight excluding hydrogens is 1270 g/mol. The quantitative estimate of drug-likeness (QED) is 0.0491. The van der Waals surface area contributed by atoms with Gasteiger partial charge in [-0.25, -0.2) is 0 Å². The highest BCUT2D eigenvalue weighted by Gasteiger charge is 2.47. The lowest BCUT2D eigenvalue weighted by molar-refractivity contribution is -0.157. The Bertz CT molecular complexity index is 2670. The van der Waals surface area contributed by atoms with Crippen molar-refractivity contribution in [2.24, 2.45) is 35.5 Å². The van der Waals surface area contributed by atoms with Crippen molar-refractivity contribution in [1.82, 2.24) is 60.9 Å². The summed E-state index contributed by atoms with van der Waals surface area (Å²) in [6.07, 6.45) is 5.49. The smallest absolute Gasteiger partial charge is 0.256 e. The van der Waals surface area contributed by atoms with E-state index in [0.717, 1.165) is 11.3 Å². The molecule has 0 aromatic carbocycles. The number of likely N-dealkylation sites (N-methyl/N-ethyl adjacent to an activating group) is 7. The van der Waals surface area contributed by atoms with Crippen LogP contribution in [-0.4, -0.2) is 256 Å². The van der Waals surface area contributed by atoms with Crippen LogP contribution in [0.25, 0.3) is 0 Å². The molecule has 1 rings (SSSR count). The highest BCUT2D eigenvalue weighted by atomic mass is 32.2. The van der Waals surface area contributed by atoms with Crippen molar-refractivity contribution in [3.8, 4) is 0 Å². The standard InChI is InChI=1S/C72H130N12O13S/c1-28-31-34-48(16)59(85)58-63(89)76-51(30-3)65(91)84(27)71(98-37-33-32-35-73-47(14)15)70(96)81(24)55(41-72(19,20)97-36-29-2)62(88)77-56(45(10)11)68(94)78(21)52(38-42(4)5)61(87)74-49(17)60(86)75-50(18)64(90)79(22)53(39-43(6)7)66(92)80(23)54(40-44(8)9)67(93)82(25)57(46(12)13)69(95)83(58)26/h28-29,31,42-59,71,73,85H,2,30,32-41H2,1,3-27H3,(H,74,87)(H,75,86)(H,76,89)(H,77,88)/b31-28+/t48-,49+,50-,51+,52+,53+,54+,55+,56+,57+,58+,59-,71-/m1/s1. The minimum Gasteiger partial charge on any atom is -0.390 e. The largest absolute Gasteiger partial charge is 0.390 e. The third-order valence-electron chi connectivity index (χ3n) is 18.2. The molecule has 13 atom stereocenters. The predicted octanol–water partition coefficient (Wildman–Crippen LogP) is 5.43. The van der Waals surface area contributed by atoms with E-state index < -0.39 is 160 Å². The van der Waals surface area contributed by atoms with Gasteiger partial charge in [0.25, 0.3) is 5.91 Å². The second-order valence-corrected chi connectivity index (χ2v) is 31.0. The molecule has 26 heteroatoms. The fraction of sp³-hybridized carbons (Fsp3) is 0.792. The molecule has 0 saturated carbocycles. The lowest BCUT2D eigenvalue weighted by Gasteiger charge is -2.41. The normalized spacial score (nSPS) is 25.8. The van der Waals surface area contributed by atoms with Crippen LogP contribution in [0.3, 0.4) is 0 Å². The van der Waals surface area contributed by atoms with E-state index in [2.05, 4.69) is 33.2 Å². The topological polar surface area (TPSA) is 300 Å². The first kappa shape index (κ1) is 89.9. The second-order valence-electron chi connectivity index (χ2n) is 29.8. The Morgan fingerprint density at radius 3 is 1.52 bits per heavy atom. The van der Waals surface area contributed by atoms with Crippen LogP contribution in [0.5, 0.6) is 0 Å². The molecule has 6 N–H and O–H groups in total. The summed E-state index contributed by atoms with van der Waals surface area (Å²) < 4.78 is 6.17. The molecule has 1 saturated heterocycles. The van der Waals surface area contributed by atoms with Gasteiger partial charge in [-0.3, -0.25) is 52.7 Å². The summed E-state index contributed by atoms with van der Waals surface area (Å²) in [7, 11) is 10.0. The summed E-state index contributed by atoms with van der Waals surface area (Å²) in [5.74, 6) is -9.68. The zero-order valence-electron chi connectivity index (χ0n) is 64.6. The monoisotopic (exact) mass is 1400 g/mol. The summed E-state index contributed by atoms with van der Waals surface area (Å²) in [6, 6.07) is -12.7. The molecule has 1 aliphatic heterocycles. The number of rotatable bonds is 25. The molecule has 1 fully saturated rings. The summed E-state index contributed by atoms with van der Waals surface area (Å²) >= 11 is 1.17. The molecule has 0 spiro atoms. The molecule has 0 aliphatic carbocycles. The number of aliphatic hydroxyl groups excluding tert-OH is 1. The molecule has 1 heterocycles. The number of thioether (sulfide) groups is 1. The van der Waals surface area contributed by atoms with Crippen LogP contribution >= 0.6 is 11.8 Å². The molecule has 0 bridgehead atoms. The van der Waals surface area contributed by atoms with Crippen molar-refractivity contribution >= 4 is 76.7 Å². The number of carbonyl (C=O) groups excluding carboxylic acids is 11. The van der Waals surface area contributed by atoms with Gasteiger partial charge in [0.05, 0.1) is 18.3 Å². The first-order valence-corrected chi connectivity index (χ1v) is 36.4. The fourth-order valence-corrected chi connectivity index (χ4v) is 13.3. The summed E-state index contributed by atoms with van der Waals surface area (Å²) in [6.45, 7) is 38.3. The molecule has 0 aromatic rings. The summed E-state index contributed by atoms with van der Waals surface area (Å²) in [5.41, 5.74) is -1.11. The van der Waals surface area contributed by atoms with Gasteiger partial charge >= 0.3 is 0 Å². The maximum Gasteiger partial charge on any atom is 0.256 e. The van der Waals surface area contributed by atoms with Gasteiger partial charge in [-0.1, -0.05) is 115 Å². The molecule has 11 amide bonds. The van der Waals surface area contributed by atoms with E-state index in [1.807, 2.05) is 61.5 Å². The summed E-state index contributed by atoms with van der Waals surface area (Å²) in [5, 5.41) is 25.6. The van der Waals surface area contributed by atoms with Crippen molar-refractivity contribution in [3.05, 3.63) is 24.8 Å². The lowest BCUT2D eigenvalue weighted by Crippen LogP contribution is -2.64. The van der Waals surface area contributed by atoms with E-state index in [4.69, 9.17) is 4.74 Å². The van der Waals surface area contributed by atoms with E-state index in [0.29, 0.717) is 18.7 Å². The Hall–Kier alpha value is -6.12. The maximum absolute atomic E-state index is 15.6. The second kappa shape index (κ2) is 42.2. The van der Waals surface area contributed by atoms with Gasteiger partial charge in [0.15, 0.2) is 5.37 Å². The van der Waals surface area contributed by atoms with Crippen LogP contribution in [-0.2, 0) is 57.5 Å². The lowest BCUT2D eigenvalue weighted by atomic mass is 9.91. The van der Waals surface area contributed by atoms with Crippen LogP contribution in [0.2, 0.25) is 0 Å². The molecule has 0 aromatic heterocycles. The van der Waals surface area contributed by atoms with Gasteiger partial charge in [0, 0.05) is 61.8 Å². The summed E-state index contributed by atoms with van der Waals surface area (Å²) in [4.78, 5) is 174. The molecule has 0 radical (unpaired) electrons. The van der Waals surface area contributed by atoms with E-state index >= 15 is 38.4 Å². The molecule has 25 nitrogen and oxygen atoms in total. The van der Waals surface area contributed by atoms with Crippen molar-refractivity contribution in [2.75, 3.05) is 68.2 Å². The minimum atomic E-state index is -1.66. The third kappa shape index (κ3) is 26.8. The van der Waals surface area contributed by atoms with Gasteiger partial charge in [-0.05, 0) is 127 Å². The van der Waals surface area contributed by atoms with E-state index in [1.54, 1.807) is 74.5 Å². The van der Waals surface area contributed by atoms with Crippen LogP contribution in [0.15, 0.2) is 24.8 Å². The predicted molar refractivity (Wildman–Crippen MR) is 388 cm³/mol. The average molecular weight is 1400 g/mol. The highest BCUT2D eigenvalue weighted by molar-refractivity contribution is 8.00. The zero-order chi connectivity index (χ0) is 75.7. The van der Waals surface area contributed by atoms with E-state index in [9.17, 15) is 19.5 Å². The Balaban J connectivity index is 4.64. The van der Waals surface area contributed by atoms with E-state index in [-0.39, 0.29) is 68.9 Å². The molecule has 98 heavy (non-hydrogen) atoms. The van der Waals surface area contributed by atoms with Crippen LogP contribution in [0.1, 0.15) is 183 Å². The Kier molecular flexibility index (Phi) is 38.7. The van der Waals surface area contributed by atoms with Gasteiger partial charge in [0.2, 0.25) is 59.1 Å². The number of hydrogen-bond donors (Lipinski definition) is 6.